The predicted octanol–water partition coefficient (Wildman–Crippen LogP) is 6.26. The van der Waals surface area contributed by atoms with Crippen LogP contribution >= 0.6 is 11.8 Å². The molecular formula is C27H23N3O2S. The molecular weight excluding hydrogens is 430 g/mol. The Hall–Kier alpha value is -3.64. The molecule has 33 heavy (non-hydrogen) atoms. The molecule has 3 aromatic carbocycles. The zero-order chi connectivity index (χ0) is 22.9. The Labute approximate surface area is 196 Å². The van der Waals surface area contributed by atoms with Crippen molar-refractivity contribution in [1.29, 1.82) is 0 Å². The summed E-state index contributed by atoms with van der Waals surface area (Å²) in [5.74, 6) is 1.36. The van der Waals surface area contributed by atoms with E-state index in [1.165, 1.54) is 11.1 Å². The van der Waals surface area contributed by atoms with Crippen LogP contribution in [0.2, 0.25) is 0 Å². The lowest BCUT2D eigenvalue weighted by molar-refractivity contribution is 0.559. The molecule has 0 aliphatic rings. The molecule has 5 rings (SSSR count). The van der Waals surface area contributed by atoms with Gasteiger partial charge in [0.15, 0.2) is 11.0 Å². The van der Waals surface area contributed by atoms with Crippen LogP contribution in [0.3, 0.4) is 0 Å². The van der Waals surface area contributed by atoms with Crippen LogP contribution < -0.4 is 5.63 Å². The molecule has 164 valence electrons. The Balaban J connectivity index is 1.58. The van der Waals surface area contributed by atoms with Crippen molar-refractivity contribution in [2.24, 2.45) is 0 Å². The number of aryl methyl sites for hydroxylation is 3. The molecule has 0 amide bonds. The quantitative estimate of drug-likeness (QED) is 0.232. The molecule has 0 bridgehead atoms. The molecule has 0 N–H and O–H groups in total. The molecule has 0 aliphatic heterocycles. The highest BCUT2D eigenvalue weighted by Gasteiger charge is 2.17. The van der Waals surface area contributed by atoms with Crippen LogP contribution in [0, 0.1) is 20.8 Å². The van der Waals surface area contributed by atoms with Gasteiger partial charge >= 0.3 is 5.63 Å². The lowest BCUT2D eigenvalue weighted by atomic mass is 10.1. The predicted molar refractivity (Wildman–Crippen MR) is 133 cm³/mol. The van der Waals surface area contributed by atoms with Crippen molar-refractivity contribution >= 4 is 22.7 Å². The minimum absolute atomic E-state index is 0.343. The Morgan fingerprint density at radius 1 is 0.879 bits per heavy atom. The summed E-state index contributed by atoms with van der Waals surface area (Å²) in [4.78, 5) is 12.2. The highest BCUT2D eigenvalue weighted by Crippen LogP contribution is 2.32. The van der Waals surface area contributed by atoms with Crippen LogP contribution in [0.25, 0.3) is 28.0 Å². The summed E-state index contributed by atoms with van der Waals surface area (Å²) in [5, 5.41) is 10.8. The minimum Gasteiger partial charge on any atom is -0.423 e. The SMILES string of the molecule is Cc1ccc2c(CSc3nnc(-c4ccccc4)n3-c3ccc(C)c(C)c3)cc(=O)oc2c1. The van der Waals surface area contributed by atoms with Gasteiger partial charge < -0.3 is 4.42 Å². The smallest absolute Gasteiger partial charge is 0.336 e. The second kappa shape index (κ2) is 8.71. The first-order chi connectivity index (χ1) is 16.0. The minimum atomic E-state index is -0.343. The van der Waals surface area contributed by atoms with Gasteiger partial charge in [-0.25, -0.2) is 4.79 Å². The van der Waals surface area contributed by atoms with Crippen LogP contribution in [0.5, 0.6) is 0 Å². The fourth-order valence-corrected chi connectivity index (χ4v) is 4.78. The van der Waals surface area contributed by atoms with E-state index in [0.29, 0.717) is 11.3 Å². The number of aromatic nitrogens is 3. The lowest BCUT2D eigenvalue weighted by Gasteiger charge is -2.12. The van der Waals surface area contributed by atoms with Crippen molar-refractivity contribution in [3.05, 3.63) is 105 Å². The van der Waals surface area contributed by atoms with Crippen LogP contribution in [-0.2, 0) is 5.75 Å². The van der Waals surface area contributed by atoms with E-state index >= 15 is 0 Å². The number of hydrogen-bond acceptors (Lipinski definition) is 5. The maximum atomic E-state index is 12.2. The van der Waals surface area contributed by atoms with Gasteiger partial charge in [-0.2, -0.15) is 0 Å². The van der Waals surface area contributed by atoms with Gasteiger partial charge in [-0.15, -0.1) is 10.2 Å². The highest BCUT2D eigenvalue weighted by molar-refractivity contribution is 7.98. The molecule has 0 atom stereocenters. The van der Waals surface area contributed by atoms with Crippen LogP contribution in [0.15, 0.2) is 87.2 Å². The fourth-order valence-electron chi connectivity index (χ4n) is 3.83. The fraction of sp³-hybridized carbons (Fsp3) is 0.148. The lowest BCUT2D eigenvalue weighted by Crippen LogP contribution is -2.02. The highest BCUT2D eigenvalue weighted by atomic mass is 32.2. The average Bonchev–Trinajstić information content (AvgIpc) is 3.23. The number of nitrogens with zero attached hydrogens (tertiary/aromatic N) is 3. The third-order valence-corrected chi connectivity index (χ3v) is 6.73. The van der Waals surface area contributed by atoms with E-state index in [-0.39, 0.29) is 5.63 Å². The van der Waals surface area contributed by atoms with Crippen molar-refractivity contribution in [3.8, 4) is 17.1 Å². The molecule has 0 aliphatic carbocycles. The number of fused-ring (bicyclic) bond motifs is 1. The van der Waals surface area contributed by atoms with E-state index in [0.717, 1.165) is 38.7 Å². The zero-order valence-electron chi connectivity index (χ0n) is 18.7. The average molecular weight is 454 g/mol. The van der Waals surface area contributed by atoms with Crippen molar-refractivity contribution in [2.45, 2.75) is 31.7 Å². The number of thioether (sulfide) groups is 1. The Morgan fingerprint density at radius 2 is 1.70 bits per heavy atom. The molecule has 0 radical (unpaired) electrons. The standard InChI is InChI=1S/C27H23N3O2S/c1-17-9-12-23-21(15-25(31)32-24(23)13-17)16-33-27-29-28-26(20-7-5-4-6-8-20)30(27)22-11-10-18(2)19(3)14-22/h4-15H,16H2,1-3H3. The summed E-state index contributed by atoms with van der Waals surface area (Å²) < 4.78 is 7.50. The van der Waals surface area contributed by atoms with Crippen molar-refractivity contribution in [1.82, 2.24) is 14.8 Å². The molecule has 0 saturated carbocycles. The molecule has 5 aromatic rings. The summed E-state index contributed by atoms with van der Waals surface area (Å²) in [5.41, 5.74) is 6.69. The van der Waals surface area contributed by atoms with Crippen molar-refractivity contribution < 1.29 is 4.42 Å². The van der Waals surface area contributed by atoms with E-state index in [9.17, 15) is 4.79 Å². The van der Waals surface area contributed by atoms with Gasteiger partial charge in [-0.3, -0.25) is 4.57 Å². The molecule has 0 unspecified atom stereocenters. The molecule has 2 aromatic heterocycles. The third-order valence-electron chi connectivity index (χ3n) is 5.76. The summed E-state index contributed by atoms with van der Waals surface area (Å²) in [6.45, 7) is 6.19. The van der Waals surface area contributed by atoms with Gasteiger partial charge in [0.05, 0.1) is 5.69 Å². The van der Waals surface area contributed by atoms with Gasteiger partial charge in [0.25, 0.3) is 0 Å². The van der Waals surface area contributed by atoms with Gasteiger partial charge in [0.2, 0.25) is 0 Å². The molecule has 6 heteroatoms. The van der Waals surface area contributed by atoms with Gasteiger partial charge in [0, 0.05) is 22.8 Å². The summed E-state index contributed by atoms with van der Waals surface area (Å²) in [6.07, 6.45) is 0. The molecule has 2 heterocycles. The third kappa shape index (κ3) is 4.22. The summed E-state index contributed by atoms with van der Waals surface area (Å²) in [6, 6.07) is 23.9. The van der Waals surface area contributed by atoms with Gasteiger partial charge in [-0.05, 0) is 61.2 Å². The van der Waals surface area contributed by atoms with Gasteiger partial charge in [-0.1, -0.05) is 60.3 Å². The van der Waals surface area contributed by atoms with Crippen LogP contribution in [0.1, 0.15) is 22.3 Å². The topological polar surface area (TPSA) is 60.9 Å². The maximum absolute atomic E-state index is 12.2. The molecule has 0 fully saturated rings. The molecule has 0 saturated heterocycles. The normalized spacial score (nSPS) is 11.2. The number of benzene rings is 3. The van der Waals surface area contributed by atoms with Gasteiger partial charge in [0.1, 0.15) is 5.58 Å². The second-order valence-corrected chi connectivity index (χ2v) is 9.10. The first-order valence-electron chi connectivity index (χ1n) is 10.7. The number of rotatable bonds is 5. The zero-order valence-corrected chi connectivity index (χ0v) is 19.5. The Kier molecular flexibility index (Phi) is 5.60. The maximum Gasteiger partial charge on any atom is 0.336 e. The summed E-state index contributed by atoms with van der Waals surface area (Å²) in [7, 11) is 0. The van der Waals surface area contributed by atoms with E-state index in [4.69, 9.17) is 4.42 Å². The van der Waals surface area contributed by atoms with E-state index < -0.39 is 0 Å². The number of hydrogen-bond donors (Lipinski definition) is 0. The van der Waals surface area contributed by atoms with Crippen LogP contribution in [-0.4, -0.2) is 14.8 Å². The second-order valence-electron chi connectivity index (χ2n) is 8.16. The van der Waals surface area contributed by atoms with E-state index in [1.54, 1.807) is 17.8 Å². The molecule has 5 nitrogen and oxygen atoms in total. The first kappa shape index (κ1) is 21.2. The van der Waals surface area contributed by atoms with Crippen molar-refractivity contribution in [2.75, 3.05) is 0 Å². The monoisotopic (exact) mass is 453 g/mol. The van der Waals surface area contributed by atoms with Crippen LogP contribution in [0.4, 0.5) is 0 Å². The van der Waals surface area contributed by atoms with E-state index in [1.807, 2.05) is 55.5 Å². The first-order valence-corrected chi connectivity index (χ1v) is 11.7. The van der Waals surface area contributed by atoms with E-state index in [2.05, 4.69) is 46.8 Å². The largest absolute Gasteiger partial charge is 0.423 e. The summed E-state index contributed by atoms with van der Waals surface area (Å²) >= 11 is 1.56. The Bertz CT molecular complexity index is 1520. The van der Waals surface area contributed by atoms with Crippen molar-refractivity contribution in [3.63, 3.8) is 0 Å². The Morgan fingerprint density at radius 3 is 2.48 bits per heavy atom. The molecule has 0 spiro atoms.